The SMILES string of the molecule is Cc1ncc(-c2cc(C(=O)O)[nH]n2)cn1. The van der Waals surface area contributed by atoms with E-state index in [1.54, 1.807) is 19.3 Å². The van der Waals surface area contributed by atoms with Crippen molar-refractivity contribution in [3.05, 3.63) is 30.0 Å². The Morgan fingerprint density at radius 2 is 2.07 bits per heavy atom. The summed E-state index contributed by atoms with van der Waals surface area (Å²) in [5, 5.41) is 15.0. The van der Waals surface area contributed by atoms with E-state index in [-0.39, 0.29) is 5.69 Å². The molecule has 2 aromatic heterocycles. The van der Waals surface area contributed by atoms with Crippen molar-refractivity contribution in [2.75, 3.05) is 0 Å². The second-order valence-corrected chi connectivity index (χ2v) is 2.99. The van der Waals surface area contributed by atoms with Gasteiger partial charge in [-0.25, -0.2) is 14.8 Å². The van der Waals surface area contributed by atoms with Gasteiger partial charge >= 0.3 is 5.97 Å². The number of carbonyl (C=O) groups is 1. The van der Waals surface area contributed by atoms with Crippen LogP contribution in [0.3, 0.4) is 0 Å². The van der Waals surface area contributed by atoms with E-state index in [1.807, 2.05) is 0 Å². The Hall–Kier alpha value is -2.24. The molecule has 6 nitrogen and oxygen atoms in total. The number of H-pyrrole nitrogens is 1. The van der Waals surface area contributed by atoms with Gasteiger partial charge in [0, 0.05) is 18.0 Å². The summed E-state index contributed by atoms with van der Waals surface area (Å²) in [6.07, 6.45) is 3.20. The quantitative estimate of drug-likeness (QED) is 0.757. The molecule has 6 heteroatoms. The Kier molecular flexibility index (Phi) is 2.17. The fraction of sp³-hybridized carbons (Fsp3) is 0.111. The third-order valence-electron chi connectivity index (χ3n) is 1.88. The largest absolute Gasteiger partial charge is 0.477 e. The Balaban J connectivity index is 2.37. The molecule has 0 fully saturated rings. The lowest BCUT2D eigenvalue weighted by atomic mass is 10.2. The van der Waals surface area contributed by atoms with Gasteiger partial charge in [0.2, 0.25) is 0 Å². The topological polar surface area (TPSA) is 91.8 Å². The van der Waals surface area contributed by atoms with E-state index in [9.17, 15) is 4.79 Å². The zero-order chi connectivity index (χ0) is 10.8. The minimum absolute atomic E-state index is 0.0468. The number of aromatic nitrogens is 4. The van der Waals surface area contributed by atoms with Gasteiger partial charge in [-0.15, -0.1) is 0 Å². The van der Waals surface area contributed by atoms with Crippen LogP contribution in [0.5, 0.6) is 0 Å². The van der Waals surface area contributed by atoms with Crippen LogP contribution in [-0.2, 0) is 0 Å². The third kappa shape index (κ3) is 1.83. The smallest absolute Gasteiger partial charge is 0.353 e. The second kappa shape index (κ2) is 3.49. The number of carboxylic acids is 1. The van der Waals surface area contributed by atoms with E-state index < -0.39 is 5.97 Å². The van der Waals surface area contributed by atoms with Crippen molar-refractivity contribution in [2.24, 2.45) is 0 Å². The van der Waals surface area contributed by atoms with Gasteiger partial charge in [-0.2, -0.15) is 5.10 Å². The maximum Gasteiger partial charge on any atom is 0.353 e. The van der Waals surface area contributed by atoms with Crippen LogP contribution in [0.25, 0.3) is 11.3 Å². The zero-order valence-corrected chi connectivity index (χ0v) is 7.93. The van der Waals surface area contributed by atoms with Crippen molar-refractivity contribution < 1.29 is 9.90 Å². The van der Waals surface area contributed by atoms with E-state index in [0.29, 0.717) is 17.1 Å². The molecule has 2 N–H and O–H groups in total. The van der Waals surface area contributed by atoms with Gasteiger partial charge in [0.05, 0.1) is 5.69 Å². The van der Waals surface area contributed by atoms with Gasteiger partial charge in [0.25, 0.3) is 0 Å². The molecule has 2 heterocycles. The molecule has 0 aromatic carbocycles. The maximum absolute atomic E-state index is 10.6. The Morgan fingerprint density at radius 3 is 2.60 bits per heavy atom. The first-order valence-corrected chi connectivity index (χ1v) is 4.24. The molecule has 76 valence electrons. The van der Waals surface area contributed by atoms with Gasteiger partial charge < -0.3 is 5.11 Å². The first-order valence-electron chi connectivity index (χ1n) is 4.24. The van der Waals surface area contributed by atoms with E-state index >= 15 is 0 Å². The van der Waals surface area contributed by atoms with Crippen molar-refractivity contribution in [1.29, 1.82) is 0 Å². The molecule has 0 aliphatic rings. The van der Waals surface area contributed by atoms with Crippen molar-refractivity contribution in [3.63, 3.8) is 0 Å². The molecule has 0 spiro atoms. The monoisotopic (exact) mass is 204 g/mol. The third-order valence-corrected chi connectivity index (χ3v) is 1.88. The van der Waals surface area contributed by atoms with Gasteiger partial charge in [-0.05, 0) is 13.0 Å². The van der Waals surface area contributed by atoms with Crippen LogP contribution in [0.15, 0.2) is 18.5 Å². The van der Waals surface area contributed by atoms with Crippen LogP contribution in [0.1, 0.15) is 16.3 Å². The van der Waals surface area contributed by atoms with Crippen molar-refractivity contribution in [2.45, 2.75) is 6.92 Å². The summed E-state index contributed by atoms with van der Waals surface area (Å²) in [5.74, 6) is -0.380. The van der Waals surface area contributed by atoms with Crippen molar-refractivity contribution >= 4 is 5.97 Å². The highest BCUT2D eigenvalue weighted by molar-refractivity contribution is 5.86. The molecule has 0 saturated heterocycles. The molecule has 0 aliphatic heterocycles. The normalized spacial score (nSPS) is 10.2. The first kappa shape index (κ1) is 9.32. The molecule has 0 aliphatic carbocycles. The van der Waals surface area contributed by atoms with Gasteiger partial charge in [-0.3, -0.25) is 5.10 Å². The standard InChI is InChI=1S/C9H8N4O2/c1-5-10-3-6(4-11-5)7-2-8(9(14)15)13-12-7/h2-4H,1H3,(H,12,13)(H,14,15). The molecule has 2 aromatic rings. The number of aryl methyl sites for hydroxylation is 1. The number of nitrogens with one attached hydrogen (secondary N) is 1. The van der Waals surface area contributed by atoms with Crippen LogP contribution < -0.4 is 0 Å². The van der Waals surface area contributed by atoms with Crippen LogP contribution in [-0.4, -0.2) is 31.2 Å². The molecule has 0 radical (unpaired) electrons. The lowest BCUT2D eigenvalue weighted by Crippen LogP contribution is -1.95. The summed E-state index contributed by atoms with van der Waals surface area (Å²) in [6, 6.07) is 1.44. The summed E-state index contributed by atoms with van der Waals surface area (Å²) in [4.78, 5) is 18.6. The fourth-order valence-corrected chi connectivity index (χ4v) is 1.10. The minimum Gasteiger partial charge on any atom is -0.477 e. The van der Waals surface area contributed by atoms with Crippen molar-refractivity contribution in [1.82, 2.24) is 20.2 Å². The first-order chi connectivity index (χ1) is 7.16. The van der Waals surface area contributed by atoms with Gasteiger partial charge in [0.15, 0.2) is 0 Å². The second-order valence-electron chi connectivity index (χ2n) is 2.99. The number of aromatic amines is 1. The number of aromatic carboxylic acids is 1. The Morgan fingerprint density at radius 1 is 1.40 bits per heavy atom. The molecule has 15 heavy (non-hydrogen) atoms. The summed E-state index contributed by atoms with van der Waals surface area (Å²) in [7, 11) is 0. The molecule has 0 atom stereocenters. The van der Waals surface area contributed by atoms with Gasteiger partial charge in [0.1, 0.15) is 11.5 Å². The molecular weight excluding hydrogens is 196 g/mol. The molecule has 0 bridgehead atoms. The van der Waals surface area contributed by atoms with Crippen LogP contribution >= 0.6 is 0 Å². The predicted octanol–water partition coefficient (Wildman–Crippen LogP) is 0.873. The highest BCUT2D eigenvalue weighted by atomic mass is 16.4. The average Bonchev–Trinajstić information content (AvgIpc) is 2.68. The summed E-state index contributed by atoms with van der Waals surface area (Å²) >= 11 is 0. The lowest BCUT2D eigenvalue weighted by Gasteiger charge is -1.94. The molecule has 0 amide bonds. The highest BCUT2D eigenvalue weighted by Crippen LogP contribution is 2.15. The minimum atomic E-state index is -1.04. The lowest BCUT2D eigenvalue weighted by molar-refractivity contribution is 0.0690. The number of hydrogen-bond donors (Lipinski definition) is 2. The van der Waals surface area contributed by atoms with Crippen LogP contribution in [0, 0.1) is 6.92 Å². The summed E-state index contributed by atoms with van der Waals surface area (Å²) in [5.41, 5.74) is 1.25. The molecular formula is C9H8N4O2. The Labute approximate surface area is 85.0 Å². The van der Waals surface area contributed by atoms with E-state index in [0.717, 1.165) is 0 Å². The highest BCUT2D eigenvalue weighted by Gasteiger charge is 2.09. The number of carboxylic acid groups (broad SMARTS) is 1. The van der Waals surface area contributed by atoms with E-state index in [4.69, 9.17) is 5.11 Å². The molecule has 2 rings (SSSR count). The average molecular weight is 204 g/mol. The fourth-order valence-electron chi connectivity index (χ4n) is 1.10. The van der Waals surface area contributed by atoms with E-state index in [1.165, 1.54) is 6.07 Å². The van der Waals surface area contributed by atoms with Gasteiger partial charge in [-0.1, -0.05) is 0 Å². The number of rotatable bonds is 2. The number of hydrogen-bond acceptors (Lipinski definition) is 4. The van der Waals surface area contributed by atoms with E-state index in [2.05, 4.69) is 20.2 Å². The predicted molar refractivity (Wildman–Crippen MR) is 51.3 cm³/mol. The maximum atomic E-state index is 10.6. The summed E-state index contributed by atoms with van der Waals surface area (Å²) < 4.78 is 0. The van der Waals surface area contributed by atoms with Crippen LogP contribution in [0.2, 0.25) is 0 Å². The number of nitrogens with zero attached hydrogens (tertiary/aromatic N) is 3. The molecule has 0 unspecified atom stereocenters. The Bertz CT molecular complexity index is 489. The van der Waals surface area contributed by atoms with Crippen LogP contribution in [0.4, 0.5) is 0 Å². The molecule has 0 saturated carbocycles. The summed E-state index contributed by atoms with van der Waals surface area (Å²) in [6.45, 7) is 1.77. The zero-order valence-electron chi connectivity index (χ0n) is 7.93. The van der Waals surface area contributed by atoms with Crippen molar-refractivity contribution in [3.8, 4) is 11.3 Å².